The summed E-state index contributed by atoms with van der Waals surface area (Å²) in [6.45, 7) is 6.31. The Labute approximate surface area is 194 Å². The van der Waals surface area contributed by atoms with Crippen molar-refractivity contribution in [2.75, 3.05) is 30.8 Å². The van der Waals surface area contributed by atoms with Crippen molar-refractivity contribution in [3.05, 3.63) is 35.5 Å². The van der Waals surface area contributed by atoms with Crippen LogP contribution in [0.15, 0.2) is 27.6 Å². The summed E-state index contributed by atoms with van der Waals surface area (Å²) < 4.78 is 43.1. The molecule has 1 aromatic heterocycles. The number of anilines is 1. The molecule has 2 aliphatic rings. The van der Waals surface area contributed by atoms with Crippen molar-refractivity contribution in [1.82, 2.24) is 15.0 Å². The first-order valence-electron chi connectivity index (χ1n) is 11.5. The molecule has 0 aliphatic carbocycles. The van der Waals surface area contributed by atoms with E-state index in [1.54, 1.807) is 0 Å². The average Bonchev–Trinajstić information content (AvgIpc) is 3.42. The van der Waals surface area contributed by atoms with Gasteiger partial charge in [0.15, 0.2) is 9.84 Å². The topological polar surface area (TPSA) is 96.6 Å². The van der Waals surface area contributed by atoms with E-state index < -0.39 is 15.7 Å². The van der Waals surface area contributed by atoms with Crippen LogP contribution in [0.5, 0.6) is 0 Å². The minimum atomic E-state index is -3.47. The Morgan fingerprint density at radius 1 is 1.21 bits per heavy atom. The maximum absolute atomic E-state index is 14.5. The Bertz CT molecular complexity index is 1110. The molecule has 0 saturated carbocycles. The lowest BCUT2D eigenvalue weighted by Crippen LogP contribution is -2.46. The third kappa shape index (κ3) is 5.05. The first-order chi connectivity index (χ1) is 15.7. The summed E-state index contributed by atoms with van der Waals surface area (Å²) in [6, 6.07) is 4.09. The molecule has 0 radical (unpaired) electrons. The van der Waals surface area contributed by atoms with E-state index >= 15 is 0 Å². The first-order valence-corrected chi connectivity index (χ1v) is 13.4. The zero-order valence-corrected chi connectivity index (χ0v) is 20.1. The van der Waals surface area contributed by atoms with Crippen molar-refractivity contribution < 1.29 is 22.1 Å². The lowest BCUT2D eigenvalue weighted by atomic mass is 9.97. The molecule has 2 saturated heterocycles. The second-order valence-electron chi connectivity index (χ2n) is 9.21. The number of hydrogen-bond donors (Lipinski definition) is 0. The summed E-state index contributed by atoms with van der Waals surface area (Å²) in [7, 11) is -3.47. The van der Waals surface area contributed by atoms with Gasteiger partial charge in [-0.2, -0.15) is 4.98 Å². The monoisotopic (exact) mass is 478 g/mol. The number of sulfone groups is 1. The molecule has 10 heteroatoms. The van der Waals surface area contributed by atoms with Gasteiger partial charge in [0.05, 0.1) is 4.90 Å². The maximum atomic E-state index is 14.5. The molecule has 0 N–H and O–H groups in total. The Hall–Kier alpha value is -2.49. The van der Waals surface area contributed by atoms with Gasteiger partial charge >= 0.3 is 0 Å². The summed E-state index contributed by atoms with van der Waals surface area (Å²) in [6.07, 6.45) is 4.59. The van der Waals surface area contributed by atoms with Gasteiger partial charge in [0.1, 0.15) is 5.82 Å². The smallest absolute Gasteiger partial charge is 0.266 e. The van der Waals surface area contributed by atoms with Gasteiger partial charge in [0.25, 0.3) is 5.95 Å². The van der Waals surface area contributed by atoms with E-state index in [9.17, 15) is 17.6 Å². The highest BCUT2D eigenvalue weighted by atomic mass is 32.2. The van der Waals surface area contributed by atoms with E-state index in [2.05, 4.69) is 28.9 Å². The molecule has 1 amide bonds. The number of halogens is 1. The minimum absolute atomic E-state index is 0.0484. The van der Waals surface area contributed by atoms with E-state index in [0.717, 1.165) is 44.7 Å². The third-order valence-electron chi connectivity index (χ3n) is 6.92. The van der Waals surface area contributed by atoms with Crippen molar-refractivity contribution in [1.29, 1.82) is 0 Å². The van der Waals surface area contributed by atoms with Crippen LogP contribution in [-0.4, -0.2) is 61.3 Å². The van der Waals surface area contributed by atoms with E-state index in [1.807, 2.05) is 4.90 Å². The van der Waals surface area contributed by atoms with Gasteiger partial charge in [0, 0.05) is 43.8 Å². The molecular weight excluding hydrogens is 447 g/mol. The van der Waals surface area contributed by atoms with Crippen LogP contribution in [0, 0.1) is 11.7 Å². The first kappa shape index (κ1) is 23.7. The number of hydrogen-bond acceptors (Lipinski definition) is 7. The number of rotatable bonds is 7. The third-order valence-corrected chi connectivity index (χ3v) is 8.03. The fraction of sp³-hybridized carbons (Fsp3) is 0.609. The molecule has 0 unspecified atom stereocenters. The van der Waals surface area contributed by atoms with Gasteiger partial charge in [-0.1, -0.05) is 19.9 Å². The van der Waals surface area contributed by atoms with Gasteiger partial charge in [-0.15, -0.1) is 0 Å². The van der Waals surface area contributed by atoms with Crippen LogP contribution < -0.4 is 4.90 Å². The molecule has 0 bridgehead atoms. The standard InChI is InChI=1S/C23H31FN4O4S/c1-4-15(2)21-25-23(26-32-21)27-10-8-18(9-11-27)28-12-7-17(22(28)29)13-16-5-6-19(14-20(16)24)33(3,30)31/h5-6,14-15,17-18H,4,7-13H2,1-3H3/t15-,17+/m0/s1. The Morgan fingerprint density at radius 3 is 2.58 bits per heavy atom. The largest absolute Gasteiger partial charge is 0.339 e. The molecule has 0 spiro atoms. The second kappa shape index (κ2) is 9.40. The summed E-state index contributed by atoms with van der Waals surface area (Å²) in [5.41, 5.74) is 0.381. The number of carbonyl (C=O) groups is 1. The van der Waals surface area contributed by atoms with E-state index in [4.69, 9.17) is 4.52 Å². The SMILES string of the molecule is CC[C@H](C)c1nc(N2CCC(N3CC[C@H](Cc4ccc(S(C)(=O)=O)cc4F)C3=O)CC2)no1. The molecule has 4 rings (SSSR count). The quantitative estimate of drug-likeness (QED) is 0.603. The number of amides is 1. The van der Waals surface area contributed by atoms with E-state index in [-0.39, 0.29) is 35.1 Å². The highest BCUT2D eigenvalue weighted by molar-refractivity contribution is 7.90. The zero-order chi connectivity index (χ0) is 23.8. The zero-order valence-electron chi connectivity index (χ0n) is 19.3. The molecule has 180 valence electrons. The lowest BCUT2D eigenvalue weighted by molar-refractivity contribution is -0.133. The molecular formula is C23H31FN4O4S. The fourth-order valence-electron chi connectivity index (χ4n) is 4.61. The highest BCUT2D eigenvalue weighted by Gasteiger charge is 2.38. The molecule has 2 atom stereocenters. The molecule has 1 aromatic carbocycles. The predicted molar refractivity (Wildman–Crippen MR) is 121 cm³/mol. The van der Waals surface area contributed by atoms with Crippen molar-refractivity contribution >= 4 is 21.7 Å². The number of carbonyl (C=O) groups excluding carboxylic acids is 1. The van der Waals surface area contributed by atoms with Gasteiger partial charge in [0.2, 0.25) is 11.8 Å². The van der Waals surface area contributed by atoms with Crippen LogP contribution in [0.3, 0.4) is 0 Å². The van der Waals surface area contributed by atoms with Gasteiger partial charge in [-0.25, -0.2) is 12.8 Å². The van der Waals surface area contributed by atoms with Crippen molar-refractivity contribution in [2.45, 2.75) is 62.8 Å². The molecule has 2 fully saturated rings. The second-order valence-corrected chi connectivity index (χ2v) is 11.2. The van der Waals surface area contributed by atoms with Gasteiger partial charge in [-0.3, -0.25) is 4.79 Å². The Morgan fingerprint density at radius 2 is 1.94 bits per heavy atom. The van der Waals surface area contributed by atoms with Crippen LogP contribution >= 0.6 is 0 Å². The maximum Gasteiger partial charge on any atom is 0.266 e. The number of nitrogens with zero attached hydrogens (tertiary/aromatic N) is 4. The van der Waals surface area contributed by atoms with Crippen molar-refractivity contribution in [3.63, 3.8) is 0 Å². The van der Waals surface area contributed by atoms with Crippen LogP contribution in [-0.2, 0) is 21.1 Å². The molecule has 2 aromatic rings. The number of likely N-dealkylation sites (tertiary alicyclic amines) is 1. The van der Waals surface area contributed by atoms with E-state index in [1.165, 1.54) is 12.1 Å². The van der Waals surface area contributed by atoms with Gasteiger partial charge in [-0.05, 0) is 55.0 Å². The minimum Gasteiger partial charge on any atom is -0.339 e. The van der Waals surface area contributed by atoms with Crippen molar-refractivity contribution in [3.8, 4) is 0 Å². The molecule has 2 aliphatic heterocycles. The summed E-state index contributed by atoms with van der Waals surface area (Å²) in [5.74, 6) is 0.701. The van der Waals surface area contributed by atoms with Crippen molar-refractivity contribution in [2.24, 2.45) is 5.92 Å². The molecule has 33 heavy (non-hydrogen) atoms. The number of piperidine rings is 1. The summed E-state index contributed by atoms with van der Waals surface area (Å²) in [4.78, 5) is 21.6. The summed E-state index contributed by atoms with van der Waals surface area (Å²) in [5, 5.41) is 4.12. The fourth-order valence-corrected chi connectivity index (χ4v) is 5.25. The van der Waals surface area contributed by atoms with Crippen LogP contribution in [0.1, 0.15) is 56.9 Å². The average molecular weight is 479 g/mol. The number of benzene rings is 1. The van der Waals surface area contributed by atoms with Crippen LogP contribution in [0.4, 0.5) is 10.3 Å². The number of aromatic nitrogens is 2. The van der Waals surface area contributed by atoms with Crippen LogP contribution in [0.2, 0.25) is 0 Å². The summed E-state index contributed by atoms with van der Waals surface area (Å²) >= 11 is 0. The van der Waals surface area contributed by atoms with E-state index in [0.29, 0.717) is 30.4 Å². The predicted octanol–water partition coefficient (Wildman–Crippen LogP) is 3.19. The Balaban J connectivity index is 1.34. The van der Waals surface area contributed by atoms with Gasteiger partial charge < -0.3 is 14.3 Å². The highest BCUT2D eigenvalue weighted by Crippen LogP contribution is 2.30. The molecule has 3 heterocycles. The van der Waals surface area contributed by atoms with Crippen LogP contribution in [0.25, 0.3) is 0 Å². The normalized spacial score (nSPS) is 21.1. The Kier molecular flexibility index (Phi) is 6.74. The lowest BCUT2D eigenvalue weighted by Gasteiger charge is -2.36. The molecule has 8 nitrogen and oxygen atoms in total.